The lowest BCUT2D eigenvalue weighted by Crippen LogP contribution is -2.38. The second-order valence-electron chi connectivity index (χ2n) is 5.47. The molecule has 0 unspecified atom stereocenters. The number of para-hydroxylation sites is 1. The van der Waals surface area contributed by atoms with Crippen LogP contribution in [0.1, 0.15) is 22.3 Å². The summed E-state index contributed by atoms with van der Waals surface area (Å²) in [6.45, 7) is 0.850. The monoisotopic (exact) mass is 356 g/mol. The summed E-state index contributed by atoms with van der Waals surface area (Å²) in [7, 11) is -3.13. The second-order valence-corrected chi connectivity index (χ2v) is 7.70. The number of nitro benzene ring substituents is 1. The van der Waals surface area contributed by atoms with Crippen molar-refractivity contribution in [2.75, 3.05) is 18.1 Å². The maximum atomic E-state index is 12.0. The molecular formula is C14H16N2O7S. The molecule has 0 bridgehead atoms. The van der Waals surface area contributed by atoms with Crippen LogP contribution in [-0.4, -0.2) is 49.4 Å². The first-order valence-corrected chi connectivity index (χ1v) is 8.92. The number of amides is 1. The Labute approximate surface area is 138 Å². The third-order valence-corrected chi connectivity index (χ3v) is 5.34. The molecule has 0 aromatic heterocycles. The fourth-order valence-electron chi connectivity index (χ4n) is 2.45. The molecule has 0 aliphatic carbocycles. The molecule has 1 heterocycles. The van der Waals surface area contributed by atoms with Crippen LogP contribution >= 0.6 is 0 Å². The Balaban J connectivity index is 1.95. The van der Waals surface area contributed by atoms with Crippen LogP contribution in [0.2, 0.25) is 0 Å². The fraction of sp³-hybridized carbons (Fsp3) is 0.429. The molecule has 1 aliphatic rings. The lowest BCUT2D eigenvalue weighted by Gasteiger charge is -2.11. The van der Waals surface area contributed by atoms with Crippen molar-refractivity contribution in [2.24, 2.45) is 0 Å². The molecule has 0 spiro atoms. The summed E-state index contributed by atoms with van der Waals surface area (Å²) >= 11 is 0. The predicted octanol–water partition coefficient (Wildman–Crippen LogP) is 0.363. The number of sulfone groups is 1. The second kappa shape index (κ2) is 6.95. The molecule has 1 N–H and O–H groups in total. The average molecular weight is 356 g/mol. The van der Waals surface area contributed by atoms with Crippen LogP contribution in [0.4, 0.5) is 5.69 Å². The normalized spacial score (nSPS) is 18.8. The first kappa shape index (κ1) is 17.9. The Bertz CT molecular complexity index is 788. The van der Waals surface area contributed by atoms with Crippen molar-refractivity contribution < 1.29 is 27.7 Å². The maximum absolute atomic E-state index is 12.0. The summed E-state index contributed by atoms with van der Waals surface area (Å²) in [5, 5.41) is 13.5. The number of carbonyl (C=O) groups excluding carboxylic acids is 2. The SMILES string of the molecule is Cc1cccc(C(=O)OCC(=O)N[C@@H]2CCS(=O)(=O)C2)c1[N+](=O)[O-]. The number of hydrogen-bond acceptors (Lipinski definition) is 7. The van der Waals surface area contributed by atoms with E-state index in [0.717, 1.165) is 0 Å². The highest BCUT2D eigenvalue weighted by Gasteiger charge is 2.29. The molecule has 1 atom stereocenters. The number of carbonyl (C=O) groups is 2. The smallest absolute Gasteiger partial charge is 0.345 e. The quantitative estimate of drug-likeness (QED) is 0.457. The van der Waals surface area contributed by atoms with Gasteiger partial charge in [-0.3, -0.25) is 14.9 Å². The number of rotatable bonds is 5. The van der Waals surface area contributed by atoms with Crippen molar-refractivity contribution in [3.63, 3.8) is 0 Å². The molecule has 24 heavy (non-hydrogen) atoms. The number of hydrogen-bond donors (Lipinski definition) is 1. The number of esters is 1. The summed E-state index contributed by atoms with van der Waals surface area (Å²) in [6.07, 6.45) is 0.311. The molecule has 130 valence electrons. The molecule has 2 rings (SSSR count). The van der Waals surface area contributed by atoms with Gasteiger partial charge in [-0.25, -0.2) is 13.2 Å². The summed E-state index contributed by atoms with van der Waals surface area (Å²) in [5.41, 5.74) is -0.309. The molecule has 1 amide bonds. The third-order valence-electron chi connectivity index (χ3n) is 3.57. The van der Waals surface area contributed by atoms with E-state index in [9.17, 15) is 28.1 Å². The highest BCUT2D eigenvalue weighted by molar-refractivity contribution is 7.91. The summed E-state index contributed by atoms with van der Waals surface area (Å²) < 4.78 is 27.4. The zero-order valence-electron chi connectivity index (χ0n) is 12.9. The molecule has 0 saturated carbocycles. The largest absolute Gasteiger partial charge is 0.452 e. The number of aryl methyl sites for hydroxylation is 1. The Morgan fingerprint density at radius 3 is 2.71 bits per heavy atom. The topological polar surface area (TPSA) is 133 Å². The zero-order valence-corrected chi connectivity index (χ0v) is 13.7. The number of benzene rings is 1. The maximum Gasteiger partial charge on any atom is 0.345 e. The summed E-state index contributed by atoms with van der Waals surface area (Å²) in [4.78, 5) is 34.0. The Hall–Kier alpha value is -2.49. The molecule has 1 saturated heterocycles. The third kappa shape index (κ3) is 4.28. The summed E-state index contributed by atoms with van der Waals surface area (Å²) in [5.74, 6) is -1.77. The van der Waals surface area contributed by atoms with E-state index in [1.165, 1.54) is 25.1 Å². The minimum atomic E-state index is -3.13. The van der Waals surface area contributed by atoms with Gasteiger partial charge in [-0.15, -0.1) is 0 Å². The Kier molecular flexibility index (Phi) is 5.17. The number of nitrogens with one attached hydrogen (secondary N) is 1. The highest BCUT2D eigenvalue weighted by atomic mass is 32.2. The van der Waals surface area contributed by atoms with E-state index < -0.39 is 39.3 Å². The van der Waals surface area contributed by atoms with Crippen molar-refractivity contribution in [3.8, 4) is 0 Å². The van der Waals surface area contributed by atoms with Gasteiger partial charge in [0.2, 0.25) is 0 Å². The standard InChI is InChI=1S/C14H16N2O7S/c1-9-3-2-4-11(13(9)16(19)20)14(18)23-7-12(17)15-10-5-6-24(21,22)8-10/h2-4,10H,5-8H2,1H3,(H,15,17)/t10-/m1/s1. The van der Waals surface area contributed by atoms with E-state index in [1.54, 1.807) is 0 Å². The van der Waals surface area contributed by atoms with E-state index >= 15 is 0 Å². The summed E-state index contributed by atoms with van der Waals surface area (Å²) in [6, 6.07) is 3.70. The van der Waals surface area contributed by atoms with Crippen LogP contribution in [0.3, 0.4) is 0 Å². The average Bonchev–Trinajstić information content (AvgIpc) is 2.82. The van der Waals surface area contributed by atoms with Crippen molar-refractivity contribution in [3.05, 3.63) is 39.4 Å². The van der Waals surface area contributed by atoms with Gasteiger partial charge in [-0.05, 0) is 19.4 Å². The van der Waals surface area contributed by atoms with Crippen LogP contribution in [0.5, 0.6) is 0 Å². The van der Waals surface area contributed by atoms with Gasteiger partial charge in [0.25, 0.3) is 11.6 Å². The number of ether oxygens (including phenoxy) is 1. The number of nitro groups is 1. The van der Waals surface area contributed by atoms with Crippen LogP contribution in [0.25, 0.3) is 0 Å². The van der Waals surface area contributed by atoms with Crippen molar-refractivity contribution in [1.82, 2.24) is 5.32 Å². The lowest BCUT2D eigenvalue weighted by molar-refractivity contribution is -0.385. The fourth-order valence-corrected chi connectivity index (χ4v) is 4.13. The van der Waals surface area contributed by atoms with Gasteiger partial charge in [-0.2, -0.15) is 0 Å². The van der Waals surface area contributed by atoms with Crippen molar-refractivity contribution in [1.29, 1.82) is 0 Å². The molecule has 1 aromatic carbocycles. The first-order valence-electron chi connectivity index (χ1n) is 7.10. The highest BCUT2D eigenvalue weighted by Crippen LogP contribution is 2.23. The molecule has 1 aliphatic heterocycles. The Morgan fingerprint density at radius 2 is 2.12 bits per heavy atom. The van der Waals surface area contributed by atoms with Crippen molar-refractivity contribution >= 4 is 27.4 Å². The molecule has 10 heteroatoms. The van der Waals surface area contributed by atoms with E-state index in [1.807, 2.05) is 0 Å². The van der Waals surface area contributed by atoms with Gasteiger partial charge < -0.3 is 10.1 Å². The molecule has 1 aromatic rings. The predicted molar refractivity (Wildman–Crippen MR) is 83.3 cm³/mol. The van der Waals surface area contributed by atoms with E-state index in [4.69, 9.17) is 4.74 Å². The molecular weight excluding hydrogens is 340 g/mol. The van der Waals surface area contributed by atoms with Crippen LogP contribution < -0.4 is 5.32 Å². The van der Waals surface area contributed by atoms with Gasteiger partial charge >= 0.3 is 5.97 Å². The minimum absolute atomic E-state index is 0.00716. The van der Waals surface area contributed by atoms with Gasteiger partial charge in [0.15, 0.2) is 16.4 Å². The van der Waals surface area contributed by atoms with Gasteiger partial charge in [0.05, 0.1) is 16.4 Å². The van der Waals surface area contributed by atoms with E-state index in [-0.39, 0.29) is 22.8 Å². The minimum Gasteiger partial charge on any atom is -0.452 e. The molecule has 0 radical (unpaired) electrons. The van der Waals surface area contributed by atoms with Gasteiger partial charge in [0, 0.05) is 11.6 Å². The van der Waals surface area contributed by atoms with Gasteiger partial charge in [-0.1, -0.05) is 12.1 Å². The Morgan fingerprint density at radius 1 is 1.42 bits per heavy atom. The number of nitrogens with zero attached hydrogens (tertiary/aromatic N) is 1. The zero-order chi connectivity index (χ0) is 17.9. The molecule has 9 nitrogen and oxygen atoms in total. The van der Waals surface area contributed by atoms with E-state index in [0.29, 0.717) is 12.0 Å². The van der Waals surface area contributed by atoms with Crippen LogP contribution in [0.15, 0.2) is 18.2 Å². The van der Waals surface area contributed by atoms with Crippen molar-refractivity contribution in [2.45, 2.75) is 19.4 Å². The van der Waals surface area contributed by atoms with Crippen LogP contribution in [0, 0.1) is 17.0 Å². The lowest BCUT2D eigenvalue weighted by atomic mass is 10.1. The van der Waals surface area contributed by atoms with Gasteiger partial charge in [0.1, 0.15) is 5.56 Å². The first-order chi connectivity index (χ1) is 11.2. The van der Waals surface area contributed by atoms with Crippen LogP contribution in [-0.2, 0) is 19.4 Å². The molecule has 1 fully saturated rings. The van der Waals surface area contributed by atoms with E-state index in [2.05, 4.69) is 5.32 Å².